The SMILES string of the molecule is CN(C)CCOc1ccc(C(F)(F)F)cc1N=O. The lowest BCUT2D eigenvalue weighted by atomic mass is 10.2. The summed E-state index contributed by atoms with van der Waals surface area (Å²) in [4.78, 5) is 12.3. The summed E-state index contributed by atoms with van der Waals surface area (Å²) in [5, 5.41) is 2.55. The molecule has 0 aliphatic rings. The Kier molecular flexibility index (Phi) is 4.66. The van der Waals surface area contributed by atoms with Gasteiger partial charge in [0.15, 0.2) is 0 Å². The van der Waals surface area contributed by atoms with Crippen molar-refractivity contribution in [1.29, 1.82) is 0 Å². The number of alkyl halides is 3. The van der Waals surface area contributed by atoms with E-state index in [2.05, 4.69) is 5.18 Å². The number of nitrogens with zero attached hydrogens (tertiary/aromatic N) is 2. The quantitative estimate of drug-likeness (QED) is 0.766. The van der Waals surface area contributed by atoms with Crippen LogP contribution in [0.15, 0.2) is 23.4 Å². The summed E-state index contributed by atoms with van der Waals surface area (Å²) < 4.78 is 42.4. The number of hydrogen-bond acceptors (Lipinski definition) is 4. The monoisotopic (exact) mass is 262 g/mol. The molecule has 0 radical (unpaired) electrons. The maximum Gasteiger partial charge on any atom is 0.416 e. The van der Waals surface area contributed by atoms with Gasteiger partial charge in [0.05, 0.1) is 5.56 Å². The van der Waals surface area contributed by atoms with Crippen molar-refractivity contribution < 1.29 is 17.9 Å². The molecule has 0 saturated carbocycles. The number of hydrogen-bond donors (Lipinski definition) is 0. The number of rotatable bonds is 5. The van der Waals surface area contributed by atoms with Gasteiger partial charge in [0.25, 0.3) is 0 Å². The van der Waals surface area contributed by atoms with Crippen molar-refractivity contribution in [3.8, 4) is 5.75 Å². The molecule has 0 atom stereocenters. The Morgan fingerprint density at radius 3 is 2.50 bits per heavy atom. The van der Waals surface area contributed by atoms with Crippen LogP contribution in [0.4, 0.5) is 18.9 Å². The third kappa shape index (κ3) is 3.99. The molecule has 18 heavy (non-hydrogen) atoms. The van der Waals surface area contributed by atoms with Gasteiger partial charge >= 0.3 is 6.18 Å². The van der Waals surface area contributed by atoms with Crippen molar-refractivity contribution in [2.75, 3.05) is 27.2 Å². The number of halogens is 3. The average molecular weight is 262 g/mol. The van der Waals surface area contributed by atoms with E-state index in [0.717, 1.165) is 12.1 Å². The van der Waals surface area contributed by atoms with Crippen LogP contribution in [0.25, 0.3) is 0 Å². The maximum atomic E-state index is 12.4. The van der Waals surface area contributed by atoms with E-state index in [1.807, 2.05) is 19.0 Å². The molecule has 0 fully saturated rings. The highest BCUT2D eigenvalue weighted by Gasteiger charge is 2.31. The van der Waals surface area contributed by atoms with Crippen molar-refractivity contribution in [3.63, 3.8) is 0 Å². The molecule has 4 nitrogen and oxygen atoms in total. The Bertz CT molecular complexity index is 419. The van der Waals surface area contributed by atoms with E-state index >= 15 is 0 Å². The fourth-order valence-corrected chi connectivity index (χ4v) is 1.23. The fraction of sp³-hybridized carbons (Fsp3) is 0.455. The van der Waals surface area contributed by atoms with Crippen LogP contribution in [0.3, 0.4) is 0 Å². The van der Waals surface area contributed by atoms with Gasteiger partial charge < -0.3 is 9.64 Å². The first-order valence-corrected chi connectivity index (χ1v) is 5.16. The van der Waals surface area contributed by atoms with Crippen LogP contribution in [-0.4, -0.2) is 32.1 Å². The van der Waals surface area contributed by atoms with Crippen molar-refractivity contribution in [1.82, 2.24) is 4.90 Å². The maximum absolute atomic E-state index is 12.4. The van der Waals surface area contributed by atoms with E-state index < -0.39 is 11.7 Å². The van der Waals surface area contributed by atoms with Gasteiger partial charge in [-0.3, -0.25) is 0 Å². The molecule has 0 bridgehead atoms. The Morgan fingerprint density at radius 2 is 2.00 bits per heavy atom. The number of likely N-dealkylation sites (N-methyl/N-ethyl adjacent to an activating group) is 1. The lowest BCUT2D eigenvalue weighted by Gasteiger charge is -2.13. The number of nitroso groups, excluding NO2 is 1. The molecular weight excluding hydrogens is 249 g/mol. The molecule has 0 aromatic heterocycles. The fourth-order valence-electron chi connectivity index (χ4n) is 1.23. The van der Waals surface area contributed by atoms with Crippen LogP contribution in [-0.2, 0) is 6.18 Å². The molecule has 0 saturated heterocycles. The molecule has 0 N–H and O–H groups in total. The molecule has 0 unspecified atom stereocenters. The zero-order valence-corrected chi connectivity index (χ0v) is 9.99. The second kappa shape index (κ2) is 5.81. The van der Waals surface area contributed by atoms with E-state index in [-0.39, 0.29) is 18.0 Å². The molecule has 0 aliphatic carbocycles. The van der Waals surface area contributed by atoms with Gasteiger partial charge in [-0.25, -0.2) is 0 Å². The predicted octanol–water partition coefficient (Wildman–Crippen LogP) is 3.04. The van der Waals surface area contributed by atoms with Crippen molar-refractivity contribution in [2.45, 2.75) is 6.18 Å². The van der Waals surface area contributed by atoms with Crippen LogP contribution in [0.2, 0.25) is 0 Å². The zero-order chi connectivity index (χ0) is 13.8. The molecule has 0 heterocycles. The third-order valence-electron chi connectivity index (χ3n) is 2.18. The Morgan fingerprint density at radius 1 is 1.33 bits per heavy atom. The summed E-state index contributed by atoms with van der Waals surface area (Å²) in [6.45, 7) is 0.847. The van der Waals surface area contributed by atoms with Gasteiger partial charge in [0.1, 0.15) is 18.0 Å². The first-order valence-electron chi connectivity index (χ1n) is 5.16. The van der Waals surface area contributed by atoms with E-state index in [1.54, 1.807) is 0 Å². The van der Waals surface area contributed by atoms with Gasteiger partial charge in [-0.1, -0.05) is 0 Å². The van der Waals surface area contributed by atoms with E-state index in [4.69, 9.17) is 4.74 Å². The second-order valence-corrected chi connectivity index (χ2v) is 3.92. The topological polar surface area (TPSA) is 41.9 Å². The molecule has 0 spiro atoms. The van der Waals surface area contributed by atoms with E-state index in [0.29, 0.717) is 12.6 Å². The van der Waals surface area contributed by atoms with E-state index in [1.165, 1.54) is 0 Å². The largest absolute Gasteiger partial charge is 0.490 e. The minimum atomic E-state index is -4.50. The van der Waals surface area contributed by atoms with Crippen LogP contribution in [0, 0.1) is 4.91 Å². The van der Waals surface area contributed by atoms with Crippen LogP contribution < -0.4 is 4.74 Å². The molecule has 1 aromatic carbocycles. The molecular formula is C11H13F3N2O2. The highest BCUT2D eigenvalue weighted by Crippen LogP contribution is 2.36. The van der Waals surface area contributed by atoms with Gasteiger partial charge in [-0.15, -0.1) is 4.91 Å². The lowest BCUT2D eigenvalue weighted by Crippen LogP contribution is -2.19. The highest BCUT2D eigenvalue weighted by atomic mass is 19.4. The minimum absolute atomic E-state index is 0.0554. The van der Waals surface area contributed by atoms with Gasteiger partial charge in [0.2, 0.25) is 0 Å². The van der Waals surface area contributed by atoms with Crippen LogP contribution >= 0.6 is 0 Å². The molecule has 100 valence electrons. The standard InChI is InChI=1S/C11H13F3N2O2/c1-16(2)5-6-18-10-4-3-8(11(12,13)14)7-9(10)15-17/h3-4,7H,5-6H2,1-2H3. The Labute approximate surface area is 102 Å². The second-order valence-electron chi connectivity index (χ2n) is 3.92. The highest BCUT2D eigenvalue weighted by molar-refractivity contribution is 5.54. The first kappa shape index (κ1) is 14.4. The number of ether oxygens (including phenoxy) is 1. The predicted molar refractivity (Wildman–Crippen MR) is 60.9 cm³/mol. The number of benzene rings is 1. The molecule has 1 rings (SSSR count). The van der Waals surface area contributed by atoms with E-state index in [9.17, 15) is 18.1 Å². The lowest BCUT2D eigenvalue weighted by molar-refractivity contribution is -0.137. The summed E-state index contributed by atoms with van der Waals surface area (Å²) in [6.07, 6.45) is -4.50. The Hall–Kier alpha value is -1.63. The minimum Gasteiger partial charge on any atom is -0.490 e. The van der Waals surface area contributed by atoms with Crippen molar-refractivity contribution in [3.05, 3.63) is 28.7 Å². The summed E-state index contributed by atoms with van der Waals surface area (Å²) in [5.74, 6) is 0.0554. The summed E-state index contributed by atoms with van der Waals surface area (Å²) in [7, 11) is 3.66. The van der Waals surface area contributed by atoms with Crippen molar-refractivity contribution >= 4 is 5.69 Å². The Balaban J connectivity index is 2.84. The third-order valence-corrected chi connectivity index (χ3v) is 2.18. The normalized spacial score (nSPS) is 11.7. The molecule has 1 aromatic rings. The van der Waals surface area contributed by atoms with Crippen LogP contribution in [0.1, 0.15) is 5.56 Å². The zero-order valence-electron chi connectivity index (χ0n) is 9.99. The first-order chi connectivity index (χ1) is 8.34. The van der Waals surface area contributed by atoms with Crippen LogP contribution in [0.5, 0.6) is 5.75 Å². The van der Waals surface area contributed by atoms with Gasteiger partial charge in [-0.05, 0) is 37.5 Å². The molecule has 0 amide bonds. The molecule has 7 heteroatoms. The molecule has 0 aliphatic heterocycles. The average Bonchev–Trinajstić information content (AvgIpc) is 2.27. The smallest absolute Gasteiger partial charge is 0.416 e. The van der Waals surface area contributed by atoms with Crippen molar-refractivity contribution in [2.24, 2.45) is 5.18 Å². The summed E-state index contributed by atoms with van der Waals surface area (Å²) in [6, 6.07) is 2.65. The van der Waals surface area contributed by atoms with Gasteiger partial charge in [0, 0.05) is 6.54 Å². The summed E-state index contributed by atoms with van der Waals surface area (Å²) in [5.41, 5.74) is -1.26. The van der Waals surface area contributed by atoms with Gasteiger partial charge in [-0.2, -0.15) is 13.2 Å². The summed E-state index contributed by atoms with van der Waals surface area (Å²) >= 11 is 0.